The number of para-hydroxylation sites is 1. The summed E-state index contributed by atoms with van der Waals surface area (Å²) >= 11 is 6.33. The standard InChI is InChI=1S/C16H12N2O4S2/c1-2-17-15(23)14(24-16(17)19)9-10-7-8-13(22-10)11-5-3-4-6-12(11)18(20)21/h3-9H,2H2,1H3. The maximum atomic E-state index is 11.8. The number of nitro groups is 1. The van der Waals surface area contributed by atoms with Crippen LogP contribution in [0.1, 0.15) is 12.7 Å². The van der Waals surface area contributed by atoms with Crippen LogP contribution in [0.3, 0.4) is 0 Å². The zero-order valence-corrected chi connectivity index (χ0v) is 14.2. The van der Waals surface area contributed by atoms with Crippen LogP contribution in [0.15, 0.2) is 45.7 Å². The van der Waals surface area contributed by atoms with Gasteiger partial charge in [0, 0.05) is 12.6 Å². The number of furan rings is 1. The van der Waals surface area contributed by atoms with Gasteiger partial charge < -0.3 is 4.42 Å². The zero-order valence-electron chi connectivity index (χ0n) is 12.6. The van der Waals surface area contributed by atoms with Gasteiger partial charge in [-0.3, -0.25) is 19.8 Å². The lowest BCUT2D eigenvalue weighted by Gasteiger charge is -2.09. The molecule has 2 aromatic rings. The van der Waals surface area contributed by atoms with E-state index in [1.165, 1.54) is 11.0 Å². The van der Waals surface area contributed by atoms with Gasteiger partial charge in [-0.2, -0.15) is 0 Å². The van der Waals surface area contributed by atoms with E-state index in [0.29, 0.717) is 33.5 Å². The third-order valence-electron chi connectivity index (χ3n) is 3.46. The molecule has 1 amide bonds. The molecule has 0 atom stereocenters. The average molecular weight is 360 g/mol. The number of thiocarbonyl (C=S) groups is 1. The highest BCUT2D eigenvalue weighted by Crippen LogP contribution is 2.35. The largest absolute Gasteiger partial charge is 0.456 e. The Hall–Kier alpha value is -2.45. The lowest BCUT2D eigenvalue weighted by molar-refractivity contribution is -0.384. The van der Waals surface area contributed by atoms with Crippen LogP contribution in [-0.2, 0) is 0 Å². The van der Waals surface area contributed by atoms with Crippen LogP contribution in [0.4, 0.5) is 10.5 Å². The van der Waals surface area contributed by atoms with Crippen molar-refractivity contribution >= 4 is 46.0 Å². The summed E-state index contributed by atoms with van der Waals surface area (Å²) in [4.78, 5) is 25.1. The maximum absolute atomic E-state index is 11.8. The summed E-state index contributed by atoms with van der Waals surface area (Å²) in [5, 5.41) is 11.0. The summed E-state index contributed by atoms with van der Waals surface area (Å²) in [5.41, 5.74) is 0.379. The van der Waals surface area contributed by atoms with E-state index in [1.807, 2.05) is 6.92 Å². The average Bonchev–Trinajstić information content (AvgIpc) is 3.13. The molecular weight excluding hydrogens is 348 g/mol. The lowest BCUT2D eigenvalue weighted by Crippen LogP contribution is -2.26. The first-order chi connectivity index (χ1) is 11.5. The fraction of sp³-hybridized carbons (Fsp3) is 0.125. The second-order valence-corrected chi connectivity index (χ2v) is 6.28. The van der Waals surface area contributed by atoms with Crippen LogP contribution >= 0.6 is 24.0 Å². The minimum Gasteiger partial charge on any atom is -0.456 e. The molecule has 1 aliphatic rings. The van der Waals surface area contributed by atoms with Crippen LogP contribution < -0.4 is 0 Å². The number of nitrogens with zero attached hydrogens (tertiary/aromatic N) is 2. The summed E-state index contributed by atoms with van der Waals surface area (Å²) in [5.74, 6) is 0.875. The van der Waals surface area contributed by atoms with E-state index in [0.717, 1.165) is 11.8 Å². The van der Waals surface area contributed by atoms with Gasteiger partial charge in [0.25, 0.3) is 10.9 Å². The van der Waals surface area contributed by atoms with Crippen molar-refractivity contribution in [3.63, 3.8) is 0 Å². The number of likely N-dealkylation sites (N-methyl/N-ethyl adjacent to an activating group) is 1. The van der Waals surface area contributed by atoms with Crippen molar-refractivity contribution in [2.45, 2.75) is 6.92 Å². The Morgan fingerprint density at radius 2 is 2.08 bits per heavy atom. The molecule has 0 bridgehead atoms. The van der Waals surface area contributed by atoms with Gasteiger partial charge >= 0.3 is 0 Å². The number of amides is 1. The normalized spacial score (nSPS) is 16.2. The number of hydrogen-bond donors (Lipinski definition) is 0. The molecule has 1 aromatic heterocycles. The molecule has 1 saturated heterocycles. The Bertz CT molecular complexity index is 872. The molecule has 0 N–H and O–H groups in total. The Labute approximate surface area is 147 Å². The van der Waals surface area contributed by atoms with Gasteiger partial charge in [-0.15, -0.1) is 0 Å². The molecule has 8 heteroatoms. The first-order valence-electron chi connectivity index (χ1n) is 7.10. The van der Waals surface area contributed by atoms with E-state index in [9.17, 15) is 14.9 Å². The van der Waals surface area contributed by atoms with E-state index in [4.69, 9.17) is 16.6 Å². The molecule has 0 aliphatic carbocycles. The summed E-state index contributed by atoms with van der Waals surface area (Å²) in [6, 6.07) is 9.73. The number of hydrogen-bond acceptors (Lipinski definition) is 6. The molecule has 0 unspecified atom stereocenters. The fourth-order valence-electron chi connectivity index (χ4n) is 2.32. The lowest BCUT2D eigenvalue weighted by atomic mass is 10.1. The number of thioether (sulfide) groups is 1. The molecule has 0 spiro atoms. The van der Waals surface area contributed by atoms with Crippen molar-refractivity contribution < 1.29 is 14.1 Å². The molecule has 2 heterocycles. The van der Waals surface area contributed by atoms with Crippen LogP contribution in [0, 0.1) is 10.1 Å². The van der Waals surface area contributed by atoms with Gasteiger partial charge in [-0.1, -0.05) is 24.4 Å². The fourth-order valence-corrected chi connectivity index (χ4v) is 3.66. The van der Waals surface area contributed by atoms with Crippen LogP contribution in [0.5, 0.6) is 0 Å². The first kappa shape index (κ1) is 16.4. The highest BCUT2D eigenvalue weighted by molar-refractivity contribution is 8.19. The molecule has 1 aliphatic heterocycles. The van der Waals surface area contributed by atoms with Gasteiger partial charge in [0.15, 0.2) is 0 Å². The second-order valence-electron chi connectivity index (χ2n) is 4.90. The molecule has 1 fully saturated rings. The number of carbonyl (C=O) groups excluding carboxylic acids is 1. The number of nitro benzene ring substituents is 1. The van der Waals surface area contributed by atoms with Crippen molar-refractivity contribution in [2.75, 3.05) is 6.54 Å². The van der Waals surface area contributed by atoms with Gasteiger partial charge in [-0.05, 0) is 43.0 Å². The minimum absolute atomic E-state index is 0.0239. The third kappa shape index (κ3) is 2.98. The molecule has 1 aromatic carbocycles. The van der Waals surface area contributed by atoms with Gasteiger partial charge in [-0.25, -0.2) is 0 Å². The summed E-state index contributed by atoms with van der Waals surface area (Å²) in [6.07, 6.45) is 1.68. The van der Waals surface area contributed by atoms with Crippen LogP contribution in [0.2, 0.25) is 0 Å². The zero-order chi connectivity index (χ0) is 17.3. The highest BCUT2D eigenvalue weighted by Gasteiger charge is 2.30. The second kappa shape index (κ2) is 6.58. The summed E-state index contributed by atoms with van der Waals surface area (Å²) in [6.45, 7) is 2.37. The van der Waals surface area contributed by atoms with Crippen molar-refractivity contribution in [1.29, 1.82) is 0 Å². The first-order valence-corrected chi connectivity index (χ1v) is 8.32. The Kier molecular flexibility index (Phi) is 4.50. The van der Waals surface area contributed by atoms with Crippen LogP contribution in [0.25, 0.3) is 17.4 Å². The van der Waals surface area contributed by atoms with Crippen molar-refractivity contribution in [1.82, 2.24) is 4.90 Å². The Morgan fingerprint density at radius 3 is 2.75 bits per heavy atom. The van der Waals surface area contributed by atoms with E-state index >= 15 is 0 Å². The maximum Gasteiger partial charge on any atom is 0.291 e. The van der Waals surface area contributed by atoms with Gasteiger partial charge in [0.1, 0.15) is 16.5 Å². The Morgan fingerprint density at radius 1 is 1.33 bits per heavy atom. The molecule has 3 rings (SSSR count). The van der Waals surface area contributed by atoms with Crippen molar-refractivity contribution in [2.24, 2.45) is 0 Å². The van der Waals surface area contributed by atoms with E-state index in [-0.39, 0.29) is 10.9 Å². The Balaban J connectivity index is 1.93. The molecule has 122 valence electrons. The molecular formula is C16H12N2O4S2. The molecule has 6 nitrogen and oxygen atoms in total. The van der Waals surface area contributed by atoms with Gasteiger partial charge in [0.2, 0.25) is 0 Å². The number of rotatable bonds is 4. The third-order valence-corrected chi connectivity index (χ3v) is 4.95. The van der Waals surface area contributed by atoms with Gasteiger partial charge in [0.05, 0.1) is 15.4 Å². The van der Waals surface area contributed by atoms with E-state index in [2.05, 4.69) is 0 Å². The predicted molar refractivity (Wildman–Crippen MR) is 96.7 cm³/mol. The van der Waals surface area contributed by atoms with E-state index < -0.39 is 4.92 Å². The molecule has 0 saturated carbocycles. The number of carbonyl (C=O) groups is 1. The summed E-state index contributed by atoms with van der Waals surface area (Å²) in [7, 11) is 0. The van der Waals surface area contributed by atoms with E-state index in [1.54, 1.807) is 36.4 Å². The van der Waals surface area contributed by atoms with Crippen molar-refractivity contribution in [3.05, 3.63) is 57.2 Å². The monoisotopic (exact) mass is 360 g/mol. The predicted octanol–water partition coefficient (Wildman–Crippen LogP) is 4.71. The highest BCUT2D eigenvalue weighted by atomic mass is 32.2. The smallest absolute Gasteiger partial charge is 0.291 e. The quantitative estimate of drug-likeness (QED) is 0.340. The van der Waals surface area contributed by atoms with Crippen molar-refractivity contribution in [3.8, 4) is 11.3 Å². The topological polar surface area (TPSA) is 76.6 Å². The van der Waals surface area contributed by atoms with Crippen LogP contribution in [-0.4, -0.2) is 26.6 Å². The molecule has 24 heavy (non-hydrogen) atoms. The SMILES string of the molecule is CCN1C(=O)SC(=Cc2ccc(-c3ccccc3[N+](=O)[O-])o2)C1=S. The molecule has 0 radical (unpaired) electrons. The summed E-state index contributed by atoms with van der Waals surface area (Å²) < 4.78 is 5.69. The number of benzene rings is 1. The minimum atomic E-state index is -0.449.